The van der Waals surface area contributed by atoms with Gasteiger partial charge in [0.2, 0.25) is 5.28 Å². The van der Waals surface area contributed by atoms with Gasteiger partial charge in [-0.15, -0.1) is 0 Å². The Labute approximate surface area is 121 Å². The molecule has 0 saturated heterocycles. The molecule has 100 valence electrons. The fourth-order valence-corrected chi connectivity index (χ4v) is 2.13. The number of halogens is 1. The minimum absolute atomic E-state index is 0.0763. The summed E-state index contributed by atoms with van der Waals surface area (Å²) in [4.78, 5) is 16.7. The van der Waals surface area contributed by atoms with E-state index < -0.39 is 0 Å². The lowest BCUT2D eigenvalue weighted by atomic mass is 10.1. The number of hydrogen-bond acceptors (Lipinski definition) is 5. The zero-order valence-corrected chi connectivity index (χ0v) is 11.5. The van der Waals surface area contributed by atoms with Gasteiger partial charge in [0.1, 0.15) is 0 Å². The number of nitrogens with one attached hydrogen (secondary N) is 1. The Morgan fingerprint density at radius 3 is 2.60 bits per heavy atom. The minimum atomic E-state index is 0.0763. The number of fused-ring (bicyclic) bond motifs is 1. The van der Waals surface area contributed by atoms with Crippen molar-refractivity contribution in [2.45, 2.75) is 13.0 Å². The van der Waals surface area contributed by atoms with Crippen LogP contribution in [0.3, 0.4) is 0 Å². The van der Waals surface area contributed by atoms with Crippen molar-refractivity contribution in [3.05, 3.63) is 53.6 Å². The smallest absolute Gasteiger partial charge is 0.226 e. The van der Waals surface area contributed by atoms with E-state index in [1.165, 1.54) is 0 Å². The van der Waals surface area contributed by atoms with E-state index in [0.717, 1.165) is 5.56 Å². The summed E-state index contributed by atoms with van der Waals surface area (Å²) in [6, 6.07) is 10.2. The summed E-state index contributed by atoms with van der Waals surface area (Å²) in [5.74, 6) is 0.587. The highest BCUT2D eigenvalue weighted by molar-refractivity contribution is 6.28. The molecule has 1 unspecified atom stereocenters. The standard InChI is InChI=1S/C14H12ClN5/c1-9(10-5-3-2-4-6-10)18-13-11-12(17-8-7-16-11)19-14(15)20-13/h2-9H,1H3,(H,17,18,19,20). The summed E-state index contributed by atoms with van der Waals surface area (Å²) < 4.78 is 0. The van der Waals surface area contributed by atoms with Gasteiger partial charge in [-0.1, -0.05) is 30.3 Å². The Kier molecular flexibility index (Phi) is 3.43. The summed E-state index contributed by atoms with van der Waals surface area (Å²) in [5, 5.41) is 3.46. The van der Waals surface area contributed by atoms with E-state index in [-0.39, 0.29) is 11.3 Å². The molecule has 1 atom stereocenters. The maximum absolute atomic E-state index is 5.92. The second-order valence-corrected chi connectivity index (χ2v) is 4.68. The highest BCUT2D eigenvalue weighted by Gasteiger charge is 2.12. The van der Waals surface area contributed by atoms with Gasteiger partial charge in [0.25, 0.3) is 0 Å². The Morgan fingerprint density at radius 1 is 1.05 bits per heavy atom. The Morgan fingerprint density at radius 2 is 1.80 bits per heavy atom. The van der Waals surface area contributed by atoms with Gasteiger partial charge in [-0.3, -0.25) is 0 Å². The second-order valence-electron chi connectivity index (χ2n) is 4.35. The molecule has 0 spiro atoms. The third-order valence-electron chi connectivity index (χ3n) is 2.96. The highest BCUT2D eigenvalue weighted by atomic mass is 35.5. The van der Waals surface area contributed by atoms with Crippen LogP contribution < -0.4 is 5.32 Å². The van der Waals surface area contributed by atoms with E-state index in [1.54, 1.807) is 12.4 Å². The van der Waals surface area contributed by atoms with Crippen molar-refractivity contribution < 1.29 is 0 Å². The van der Waals surface area contributed by atoms with Crippen LogP contribution in [0.15, 0.2) is 42.7 Å². The van der Waals surface area contributed by atoms with E-state index in [2.05, 4.69) is 25.3 Å². The predicted molar refractivity (Wildman–Crippen MR) is 78.6 cm³/mol. The summed E-state index contributed by atoms with van der Waals surface area (Å²) in [5.41, 5.74) is 2.24. The molecule has 2 heterocycles. The maximum Gasteiger partial charge on any atom is 0.226 e. The molecule has 20 heavy (non-hydrogen) atoms. The molecule has 0 aliphatic heterocycles. The van der Waals surface area contributed by atoms with Crippen LogP contribution in [0.1, 0.15) is 18.5 Å². The van der Waals surface area contributed by atoms with Gasteiger partial charge in [-0.25, -0.2) is 9.97 Å². The molecule has 1 aromatic carbocycles. The lowest BCUT2D eigenvalue weighted by Crippen LogP contribution is -2.09. The van der Waals surface area contributed by atoms with Crippen LogP contribution in [0.4, 0.5) is 5.82 Å². The van der Waals surface area contributed by atoms with Gasteiger partial charge < -0.3 is 5.32 Å². The molecule has 0 aliphatic carbocycles. The van der Waals surface area contributed by atoms with Crippen molar-refractivity contribution in [3.63, 3.8) is 0 Å². The highest BCUT2D eigenvalue weighted by Crippen LogP contribution is 2.23. The first-order chi connectivity index (χ1) is 9.74. The molecule has 0 bridgehead atoms. The average molecular weight is 286 g/mol. The molecule has 0 aliphatic rings. The van der Waals surface area contributed by atoms with Crippen molar-refractivity contribution in [3.8, 4) is 0 Å². The minimum Gasteiger partial charge on any atom is -0.362 e. The molecule has 0 amide bonds. The second kappa shape index (κ2) is 5.38. The molecule has 1 N–H and O–H groups in total. The fraction of sp³-hybridized carbons (Fsp3) is 0.143. The first-order valence-corrected chi connectivity index (χ1v) is 6.57. The van der Waals surface area contributed by atoms with E-state index in [1.807, 2.05) is 37.3 Å². The van der Waals surface area contributed by atoms with Crippen LogP contribution in [0.5, 0.6) is 0 Å². The number of hydrogen-bond donors (Lipinski definition) is 1. The van der Waals surface area contributed by atoms with E-state index in [0.29, 0.717) is 17.0 Å². The summed E-state index contributed by atoms with van der Waals surface area (Å²) in [6.45, 7) is 2.05. The third kappa shape index (κ3) is 2.53. The number of rotatable bonds is 3. The Balaban J connectivity index is 1.98. The molecule has 2 aromatic heterocycles. The zero-order valence-electron chi connectivity index (χ0n) is 10.8. The SMILES string of the molecule is CC(Nc1nc(Cl)nc2nccnc12)c1ccccc1. The summed E-state index contributed by atoms with van der Waals surface area (Å²) >= 11 is 5.92. The lowest BCUT2D eigenvalue weighted by molar-refractivity contribution is 0.874. The number of benzene rings is 1. The largest absolute Gasteiger partial charge is 0.362 e. The van der Waals surface area contributed by atoms with Gasteiger partial charge >= 0.3 is 0 Å². The number of nitrogens with zero attached hydrogens (tertiary/aromatic N) is 4. The average Bonchev–Trinajstić information content (AvgIpc) is 2.48. The van der Waals surface area contributed by atoms with Crippen LogP contribution in [0, 0.1) is 0 Å². The Hall–Kier alpha value is -2.27. The molecule has 0 radical (unpaired) electrons. The molecule has 0 saturated carbocycles. The summed E-state index contributed by atoms with van der Waals surface area (Å²) in [6.07, 6.45) is 3.19. The third-order valence-corrected chi connectivity index (χ3v) is 3.13. The molecule has 0 fully saturated rings. The quantitative estimate of drug-likeness (QED) is 0.749. The van der Waals surface area contributed by atoms with Gasteiger partial charge in [-0.2, -0.15) is 9.97 Å². The molecule has 6 heteroatoms. The van der Waals surface area contributed by atoms with Crippen LogP contribution in [-0.2, 0) is 0 Å². The van der Waals surface area contributed by atoms with E-state index in [4.69, 9.17) is 11.6 Å². The number of anilines is 1. The summed E-state index contributed by atoms with van der Waals surface area (Å²) in [7, 11) is 0. The van der Waals surface area contributed by atoms with Crippen LogP contribution in [0.25, 0.3) is 11.2 Å². The zero-order chi connectivity index (χ0) is 13.9. The topological polar surface area (TPSA) is 63.6 Å². The van der Waals surface area contributed by atoms with Crippen molar-refractivity contribution in [1.29, 1.82) is 0 Å². The van der Waals surface area contributed by atoms with Crippen LogP contribution >= 0.6 is 11.6 Å². The van der Waals surface area contributed by atoms with Gasteiger partial charge in [0.05, 0.1) is 6.04 Å². The molecule has 5 nitrogen and oxygen atoms in total. The van der Waals surface area contributed by atoms with E-state index in [9.17, 15) is 0 Å². The molecular weight excluding hydrogens is 274 g/mol. The molecule has 3 rings (SSSR count). The maximum atomic E-state index is 5.92. The van der Waals surface area contributed by atoms with Crippen molar-refractivity contribution in [2.75, 3.05) is 5.32 Å². The fourth-order valence-electron chi connectivity index (χ4n) is 1.97. The van der Waals surface area contributed by atoms with Crippen LogP contribution in [-0.4, -0.2) is 19.9 Å². The predicted octanol–water partition coefficient (Wildman–Crippen LogP) is 3.25. The molecule has 3 aromatic rings. The monoisotopic (exact) mass is 285 g/mol. The van der Waals surface area contributed by atoms with Gasteiger partial charge in [0, 0.05) is 12.4 Å². The van der Waals surface area contributed by atoms with Gasteiger partial charge in [0.15, 0.2) is 17.0 Å². The number of aromatic nitrogens is 4. The normalized spacial score (nSPS) is 12.3. The van der Waals surface area contributed by atoms with Crippen molar-refractivity contribution in [2.24, 2.45) is 0 Å². The van der Waals surface area contributed by atoms with Crippen molar-refractivity contribution in [1.82, 2.24) is 19.9 Å². The first kappa shape index (κ1) is 12.7. The van der Waals surface area contributed by atoms with Gasteiger partial charge in [-0.05, 0) is 24.1 Å². The Bertz CT molecular complexity index is 732. The van der Waals surface area contributed by atoms with Crippen LogP contribution in [0.2, 0.25) is 5.28 Å². The first-order valence-electron chi connectivity index (χ1n) is 6.20. The van der Waals surface area contributed by atoms with E-state index >= 15 is 0 Å². The lowest BCUT2D eigenvalue weighted by Gasteiger charge is -2.15. The molecular formula is C14H12ClN5. The van der Waals surface area contributed by atoms with Crippen molar-refractivity contribution >= 4 is 28.6 Å².